The lowest BCUT2D eigenvalue weighted by Crippen LogP contribution is -2.41. The van der Waals surface area contributed by atoms with Crippen LogP contribution in [0.15, 0.2) is 36.5 Å². The number of nitrogens with one attached hydrogen (secondary N) is 2. The Balaban J connectivity index is 1.92. The zero-order valence-corrected chi connectivity index (χ0v) is 17.5. The van der Waals surface area contributed by atoms with E-state index in [1.807, 2.05) is 0 Å². The number of ether oxygens (including phenoxy) is 1. The first kappa shape index (κ1) is 25.1. The van der Waals surface area contributed by atoms with Crippen LogP contribution >= 0.6 is 0 Å². The number of benzene rings is 1. The quantitative estimate of drug-likeness (QED) is 0.417. The van der Waals surface area contributed by atoms with Crippen molar-refractivity contribution in [3.63, 3.8) is 0 Å². The second-order valence-corrected chi connectivity index (χ2v) is 7.33. The van der Waals surface area contributed by atoms with Crippen molar-refractivity contribution in [1.82, 2.24) is 10.3 Å². The molecule has 0 bridgehead atoms. The number of alkyl halides is 3. The van der Waals surface area contributed by atoms with Crippen LogP contribution in [-0.4, -0.2) is 35.8 Å². The SMILES string of the molecule is Cc1cc(NC(=O)C(=O)NC[C@H](C)[C@@H](CCc2ccc(F)cc2)OC(F)(F)F)cnc1N. The van der Waals surface area contributed by atoms with E-state index in [1.165, 1.54) is 43.5 Å². The molecule has 7 nitrogen and oxygen atoms in total. The first-order valence-corrected chi connectivity index (χ1v) is 9.75. The summed E-state index contributed by atoms with van der Waals surface area (Å²) in [5, 5.41) is 4.65. The fourth-order valence-corrected chi connectivity index (χ4v) is 2.90. The average molecular weight is 456 g/mol. The van der Waals surface area contributed by atoms with Gasteiger partial charge in [-0.15, -0.1) is 13.2 Å². The van der Waals surface area contributed by atoms with Crippen molar-refractivity contribution in [2.45, 2.75) is 39.2 Å². The number of amides is 2. The van der Waals surface area contributed by atoms with E-state index in [9.17, 15) is 27.2 Å². The fourth-order valence-electron chi connectivity index (χ4n) is 2.90. The van der Waals surface area contributed by atoms with E-state index in [1.54, 1.807) is 6.92 Å². The van der Waals surface area contributed by atoms with Crippen molar-refractivity contribution in [3.05, 3.63) is 53.5 Å². The molecule has 0 unspecified atom stereocenters. The Morgan fingerprint density at radius 1 is 1.19 bits per heavy atom. The van der Waals surface area contributed by atoms with Crippen molar-refractivity contribution >= 4 is 23.3 Å². The summed E-state index contributed by atoms with van der Waals surface area (Å²) in [6.07, 6.45) is -4.69. The smallest absolute Gasteiger partial charge is 0.383 e. The molecule has 2 atom stereocenters. The number of aryl methyl sites for hydroxylation is 2. The van der Waals surface area contributed by atoms with Crippen LogP contribution in [0, 0.1) is 18.7 Å². The van der Waals surface area contributed by atoms with Crippen molar-refractivity contribution in [1.29, 1.82) is 0 Å². The summed E-state index contributed by atoms with van der Waals surface area (Å²) in [4.78, 5) is 28.0. The molecule has 2 amide bonds. The molecule has 4 N–H and O–H groups in total. The predicted octanol–water partition coefficient (Wildman–Crippen LogP) is 3.34. The van der Waals surface area contributed by atoms with Gasteiger partial charge in [0.2, 0.25) is 0 Å². The van der Waals surface area contributed by atoms with Gasteiger partial charge in [-0.3, -0.25) is 14.3 Å². The lowest BCUT2D eigenvalue weighted by molar-refractivity contribution is -0.348. The van der Waals surface area contributed by atoms with Gasteiger partial charge < -0.3 is 16.4 Å². The molecule has 0 saturated carbocycles. The first-order chi connectivity index (χ1) is 14.9. The number of halogens is 4. The Morgan fingerprint density at radius 2 is 1.84 bits per heavy atom. The van der Waals surface area contributed by atoms with Crippen LogP contribution in [0.3, 0.4) is 0 Å². The van der Waals surface area contributed by atoms with E-state index in [0.717, 1.165) is 0 Å². The van der Waals surface area contributed by atoms with Crippen LogP contribution in [0.2, 0.25) is 0 Å². The van der Waals surface area contributed by atoms with E-state index in [4.69, 9.17) is 5.73 Å². The van der Waals surface area contributed by atoms with Gasteiger partial charge >= 0.3 is 18.2 Å². The molecule has 2 aromatic rings. The van der Waals surface area contributed by atoms with Crippen LogP contribution < -0.4 is 16.4 Å². The van der Waals surface area contributed by atoms with Gasteiger partial charge in [-0.2, -0.15) is 0 Å². The normalized spacial score (nSPS) is 13.3. The largest absolute Gasteiger partial charge is 0.522 e. The summed E-state index contributed by atoms with van der Waals surface area (Å²) in [6, 6.07) is 6.92. The number of nitrogen functional groups attached to an aromatic ring is 1. The number of nitrogens with zero attached hydrogens (tertiary/aromatic N) is 1. The van der Waals surface area contributed by atoms with Gasteiger partial charge in [0, 0.05) is 12.5 Å². The van der Waals surface area contributed by atoms with Gasteiger partial charge in [0.25, 0.3) is 0 Å². The molecule has 1 aromatic carbocycles. The van der Waals surface area contributed by atoms with E-state index in [2.05, 4.69) is 20.4 Å². The van der Waals surface area contributed by atoms with E-state index < -0.39 is 36.0 Å². The van der Waals surface area contributed by atoms with Crippen LogP contribution in [0.4, 0.5) is 29.1 Å². The molecule has 174 valence electrons. The summed E-state index contributed by atoms with van der Waals surface area (Å²) in [5.41, 5.74) is 7.09. The van der Waals surface area contributed by atoms with Crippen molar-refractivity contribution in [2.24, 2.45) is 5.92 Å². The lowest BCUT2D eigenvalue weighted by atomic mass is 9.97. The maximum absolute atomic E-state index is 13.0. The average Bonchev–Trinajstić information content (AvgIpc) is 2.72. The first-order valence-electron chi connectivity index (χ1n) is 9.75. The maximum atomic E-state index is 13.0. The summed E-state index contributed by atoms with van der Waals surface area (Å²) in [7, 11) is 0. The summed E-state index contributed by atoms with van der Waals surface area (Å²) in [5.74, 6) is -2.96. The van der Waals surface area contributed by atoms with Gasteiger partial charge in [-0.25, -0.2) is 9.37 Å². The Bertz CT molecular complexity index is 936. The molecular weight excluding hydrogens is 432 g/mol. The van der Waals surface area contributed by atoms with Crippen LogP contribution in [0.5, 0.6) is 0 Å². The second-order valence-electron chi connectivity index (χ2n) is 7.33. The Kier molecular flexibility index (Phi) is 8.53. The maximum Gasteiger partial charge on any atom is 0.522 e. The van der Waals surface area contributed by atoms with Crippen molar-refractivity contribution in [2.75, 3.05) is 17.6 Å². The number of hydrogen-bond acceptors (Lipinski definition) is 5. The van der Waals surface area contributed by atoms with Gasteiger partial charge in [0.15, 0.2) is 0 Å². The minimum Gasteiger partial charge on any atom is -0.383 e. The van der Waals surface area contributed by atoms with Crippen LogP contribution in [0.25, 0.3) is 0 Å². The molecule has 0 radical (unpaired) electrons. The van der Waals surface area contributed by atoms with Crippen molar-refractivity contribution in [3.8, 4) is 0 Å². The number of pyridine rings is 1. The highest BCUT2D eigenvalue weighted by Gasteiger charge is 2.35. The number of hydrogen-bond donors (Lipinski definition) is 3. The molecule has 2 rings (SSSR count). The summed E-state index contributed by atoms with van der Waals surface area (Å²) >= 11 is 0. The van der Waals surface area contributed by atoms with Gasteiger partial charge in [-0.05, 0) is 49.1 Å². The molecule has 0 fully saturated rings. The zero-order valence-electron chi connectivity index (χ0n) is 17.5. The molecular formula is C21H24F4N4O3. The van der Waals surface area contributed by atoms with Crippen molar-refractivity contribution < 1.29 is 31.9 Å². The van der Waals surface area contributed by atoms with Gasteiger partial charge in [0.1, 0.15) is 11.6 Å². The Labute approximate surface area is 182 Å². The number of rotatable bonds is 8. The van der Waals surface area contributed by atoms with E-state index >= 15 is 0 Å². The second kappa shape index (κ2) is 10.9. The summed E-state index contributed by atoms with van der Waals surface area (Å²) in [6.45, 7) is 2.91. The molecule has 0 aliphatic rings. The third-order valence-electron chi connectivity index (χ3n) is 4.72. The molecule has 1 aromatic heterocycles. The number of anilines is 2. The molecule has 32 heavy (non-hydrogen) atoms. The van der Waals surface area contributed by atoms with Crippen LogP contribution in [-0.2, 0) is 20.7 Å². The highest BCUT2D eigenvalue weighted by molar-refractivity contribution is 6.39. The highest BCUT2D eigenvalue weighted by atomic mass is 19.4. The number of carbonyl (C=O) groups excluding carboxylic acids is 2. The van der Waals surface area contributed by atoms with E-state index in [0.29, 0.717) is 11.1 Å². The topological polar surface area (TPSA) is 106 Å². The molecule has 0 saturated heterocycles. The lowest BCUT2D eigenvalue weighted by Gasteiger charge is -2.25. The van der Waals surface area contributed by atoms with E-state index in [-0.39, 0.29) is 30.9 Å². The molecule has 1 heterocycles. The Morgan fingerprint density at radius 3 is 2.44 bits per heavy atom. The third-order valence-corrected chi connectivity index (χ3v) is 4.72. The molecule has 11 heteroatoms. The minimum absolute atomic E-state index is 0.0231. The zero-order chi connectivity index (χ0) is 23.9. The number of aromatic nitrogens is 1. The predicted molar refractivity (Wildman–Crippen MR) is 110 cm³/mol. The molecule has 0 spiro atoms. The third kappa shape index (κ3) is 8.14. The molecule has 0 aliphatic heterocycles. The number of nitrogens with two attached hydrogens (primary N) is 1. The summed E-state index contributed by atoms with van der Waals surface area (Å²) < 4.78 is 55.7. The van der Waals surface area contributed by atoms with Gasteiger partial charge in [-0.1, -0.05) is 19.1 Å². The highest BCUT2D eigenvalue weighted by Crippen LogP contribution is 2.25. The monoisotopic (exact) mass is 456 g/mol. The number of carbonyl (C=O) groups is 2. The van der Waals surface area contributed by atoms with Crippen LogP contribution in [0.1, 0.15) is 24.5 Å². The van der Waals surface area contributed by atoms with Gasteiger partial charge in [0.05, 0.1) is 18.0 Å². The minimum atomic E-state index is -4.87. The fraction of sp³-hybridized carbons (Fsp3) is 0.381. The standard InChI is InChI=1S/C21H24F4N4O3/c1-12-9-16(11-27-18(12)26)29-20(31)19(30)28-10-13(2)17(32-21(23,24)25)8-5-14-3-6-15(22)7-4-14/h3-4,6-7,9,11,13,17H,5,8,10H2,1-2H3,(H2,26,27)(H,28,30)(H,29,31)/t13-,17+/m0/s1. The molecule has 0 aliphatic carbocycles. The Hall–Kier alpha value is -3.21.